The Morgan fingerprint density at radius 2 is 1.63 bits per heavy atom. The van der Waals surface area contributed by atoms with Crippen LogP contribution in [-0.4, -0.2) is 29.0 Å². The fourth-order valence-corrected chi connectivity index (χ4v) is 2.54. The minimum Gasteiger partial charge on any atom is -0.496 e. The van der Waals surface area contributed by atoms with E-state index in [0.717, 1.165) is 6.07 Å². The normalized spacial score (nSPS) is 10.9. The first-order chi connectivity index (χ1) is 14.3. The molecule has 0 aliphatic carbocycles. The number of halogens is 3. The molecule has 10 heteroatoms. The number of aromatic nitrogens is 2. The Bertz CT molecular complexity index is 1070. The molecule has 0 aliphatic heterocycles. The molecular weight excluding hydrogens is 401 g/mol. The Kier molecular flexibility index (Phi) is 5.95. The predicted octanol–water partition coefficient (Wildman–Crippen LogP) is 4.13. The molecule has 0 radical (unpaired) electrons. The maximum atomic E-state index is 13.2. The molecule has 0 saturated heterocycles. The Morgan fingerprint density at radius 1 is 0.967 bits per heavy atom. The van der Waals surface area contributed by atoms with Crippen LogP contribution >= 0.6 is 0 Å². The summed E-state index contributed by atoms with van der Waals surface area (Å²) in [5.74, 6) is -1.18. The predicted molar refractivity (Wildman–Crippen MR) is 102 cm³/mol. The number of imide groups is 1. The molecule has 30 heavy (non-hydrogen) atoms. The number of rotatable bonds is 4. The lowest BCUT2D eigenvalue weighted by molar-refractivity contribution is -0.141. The molecule has 3 amide bonds. The summed E-state index contributed by atoms with van der Waals surface area (Å²) in [5.41, 5.74) is -0.795. The van der Waals surface area contributed by atoms with Crippen LogP contribution in [0.2, 0.25) is 0 Å². The Balaban J connectivity index is 1.85. The molecule has 2 aromatic carbocycles. The monoisotopic (exact) mass is 416 g/mol. The number of carbonyl (C=O) groups excluding carboxylic acids is 2. The fraction of sp³-hybridized carbons (Fsp3) is 0.100. The van der Waals surface area contributed by atoms with Gasteiger partial charge in [-0.3, -0.25) is 15.4 Å². The summed E-state index contributed by atoms with van der Waals surface area (Å²) in [4.78, 5) is 31.7. The van der Waals surface area contributed by atoms with Crippen molar-refractivity contribution in [3.8, 4) is 17.0 Å². The Hall–Kier alpha value is -3.95. The lowest BCUT2D eigenvalue weighted by Gasteiger charge is -2.12. The first kappa shape index (κ1) is 20.8. The molecule has 0 saturated carbocycles. The average molecular weight is 416 g/mol. The summed E-state index contributed by atoms with van der Waals surface area (Å²) in [5, 5.41) is 4.08. The van der Waals surface area contributed by atoms with Gasteiger partial charge < -0.3 is 4.74 Å². The number of benzene rings is 2. The van der Waals surface area contributed by atoms with Crippen molar-refractivity contribution in [2.45, 2.75) is 6.18 Å². The molecule has 7 nitrogen and oxygen atoms in total. The molecule has 0 unspecified atom stereocenters. The number of ether oxygens (including phenoxy) is 1. The van der Waals surface area contributed by atoms with Crippen molar-refractivity contribution in [2.75, 3.05) is 12.4 Å². The van der Waals surface area contributed by atoms with Crippen LogP contribution in [0.15, 0.2) is 60.7 Å². The van der Waals surface area contributed by atoms with Crippen molar-refractivity contribution in [2.24, 2.45) is 0 Å². The molecule has 154 valence electrons. The first-order valence-electron chi connectivity index (χ1n) is 8.55. The van der Waals surface area contributed by atoms with Crippen LogP contribution in [-0.2, 0) is 6.18 Å². The van der Waals surface area contributed by atoms with Crippen LogP contribution in [0.1, 0.15) is 16.1 Å². The number of carbonyl (C=O) groups is 2. The second-order valence-corrected chi connectivity index (χ2v) is 5.93. The van der Waals surface area contributed by atoms with Crippen molar-refractivity contribution in [1.29, 1.82) is 0 Å². The van der Waals surface area contributed by atoms with Gasteiger partial charge in [0.15, 0.2) is 5.69 Å². The fourth-order valence-electron chi connectivity index (χ4n) is 2.54. The highest BCUT2D eigenvalue weighted by molar-refractivity contribution is 6.08. The highest BCUT2D eigenvalue weighted by Gasteiger charge is 2.34. The van der Waals surface area contributed by atoms with Crippen molar-refractivity contribution in [3.05, 3.63) is 71.9 Å². The SMILES string of the molecule is COc1ccccc1C(=O)NC(=O)Nc1nc(-c2ccccc2)cc(C(F)(F)F)n1. The van der Waals surface area contributed by atoms with E-state index < -0.39 is 29.8 Å². The molecule has 1 heterocycles. The van der Waals surface area contributed by atoms with Crippen molar-refractivity contribution in [3.63, 3.8) is 0 Å². The average Bonchev–Trinajstić information content (AvgIpc) is 2.73. The molecule has 3 rings (SSSR count). The number of hydrogen-bond donors (Lipinski definition) is 2. The molecular formula is C20H15F3N4O3. The largest absolute Gasteiger partial charge is 0.496 e. The van der Waals surface area contributed by atoms with E-state index in [2.05, 4.69) is 15.3 Å². The van der Waals surface area contributed by atoms with E-state index in [4.69, 9.17) is 4.74 Å². The van der Waals surface area contributed by atoms with Gasteiger partial charge in [0, 0.05) is 5.56 Å². The first-order valence-corrected chi connectivity index (χ1v) is 8.55. The number of alkyl halides is 3. The van der Waals surface area contributed by atoms with Crippen LogP contribution in [0.4, 0.5) is 23.9 Å². The number of amides is 3. The van der Waals surface area contributed by atoms with Gasteiger partial charge in [-0.05, 0) is 18.2 Å². The zero-order valence-electron chi connectivity index (χ0n) is 15.5. The van der Waals surface area contributed by atoms with E-state index in [1.807, 2.05) is 5.32 Å². The molecule has 2 N–H and O–H groups in total. The molecule has 3 aromatic rings. The van der Waals surface area contributed by atoms with Gasteiger partial charge in [0.1, 0.15) is 5.75 Å². The van der Waals surface area contributed by atoms with Crippen molar-refractivity contribution in [1.82, 2.24) is 15.3 Å². The van der Waals surface area contributed by atoms with Crippen molar-refractivity contribution >= 4 is 17.9 Å². The summed E-state index contributed by atoms with van der Waals surface area (Å²) in [6, 6.07) is 13.9. The van der Waals surface area contributed by atoms with Gasteiger partial charge in [-0.2, -0.15) is 13.2 Å². The minimum absolute atomic E-state index is 0.0377. The molecule has 1 aromatic heterocycles. The molecule has 0 atom stereocenters. The summed E-state index contributed by atoms with van der Waals surface area (Å²) in [6.07, 6.45) is -4.76. The summed E-state index contributed by atoms with van der Waals surface area (Å²) < 4.78 is 44.7. The van der Waals surface area contributed by atoms with Crippen molar-refractivity contribution < 1.29 is 27.5 Å². The van der Waals surface area contributed by atoms with E-state index in [9.17, 15) is 22.8 Å². The molecule has 0 spiro atoms. The summed E-state index contributed by atoms with van der Waals surface area (Å²) in [7, 11) is 1.35. The van der Waals surface area contributed by atoms with Gasteiger partial charge in [-0.25, -0.2) is 14.8 Å². The Morgan fingerprint density at radius 3 is 2.30 bits per heavy atom. The number of nitrogens with one attached hydrogen (secondary N) is 2. The highest BCUT2D eigenvalue weighted by atomic mass is 19.4. The lowest BCUT2D eigenvalue weighted by atomic mass is 10.1. The smallest absolute Gasteiger partial charge is 0.433 e. The molecule has 0 fully saturated rings. The zero-order chi connectivity index (χ0) is 21.7. The Labute approximate surface area is 168 Å². The number of para-hydroxylation sites is 1. The molecule has 0 aliphatic rings. The van der Waals surface area contributed by atoms with E-state index in [0.29, 0.717) is 5.56 Å². The second kappa shape index (κ2) is 8.60. The summed E-state index contributed by atoms with van der Waals surface area (Å²) in [6.45, 7) is 0. The van der Waals surface area contributed by atoms with Gasteiger partial charge >= 0.3 is 12.2 Å². The minimum atomic E-state index is -4.76. The van der Waals surface area contributed by atoms with Gasteiger partial charge in [0.2, 0.25) is 5.95 Å². The third kappa shape index (κ3) is 4.90. The number of anilines is 1. The maximum absolute atomic E-state index is 13.2. The number of methoxy groups -OCH3 is 1. The number of urea groups is 1. The van der Waals surface area contributed by atoms with E-state index in [1.165, 1.54) is 19.2 Å². The molecule has 0 bridgehead atoms. The van der Waals surface area contributed by atoms with Gasteiger partial charge in [-0.15, -0.1) is 0 Å². The third-order valence-electron chi connectivity index (χ3n) is 3.89. The second-order valence-electron chi connectivity index (χ2n) is 5.93. The third-order valence-corrected chi connectivity index (χ3v) is 3.89. The van der Waals surface area contributed by atoms with Gasteiger partial charge in [-0.1, -0.05) is 42.5 Å². The van der Waals surface area contributed by atoms with E-state index >= 15 is 0 Å². The topological polar surface area (TPSA) is 93.2 Å². The quantitative estimate of drug-likeness (QED) is 0.667. The number of nitrogens with zero attached hydrogens (tertiary/aromatic N) is 2. The van der Waals surface area contributed by atoms with Crippen LogP contribution in [0, 0.1) is 0 Å². The standard InChI is InChI=1S/C20H15F3N4O3/c1-30-15-10-6-5-9-13(15)17(28)26-19(29)27-18-24-14(12-7-3-2-4-8-12)11-16(25-18)20(21,22)23/h2-11H,1H3,(H2,24,25,26,27,28,29). The van der Waals surface area contributed by atoms with Gasteiger partial charge in [0.05, 0.1) is 18.4 Å². The van der Waals surface area contributed by atoms with Crippen LogP contribution < -0.4 is 15.4 Å². The number of hydrogen-bond acceptors (Lipinski definition) is 5. The van der Waals surface area contributed by atoms with Crippen LogP contribution in [0.3, 0.4) is 0 Å². The van der Waals surface area contributed by atoms with Gasteiger partial charge in [0.25, 0.3) is 5.91 Å². The highest BCUT2D eigenvalue weighted by Crippen LogP contribution is 2.31. The van der Waals surface area contributed by atoms with E-state index in [-0.39, 0.29) is 17.0 Å². The maximum Gasteiger partial charge on any atom is 0.433 e. The zero-order valence-corrected chi connectivity index (χ0v) is 15.5. The van der Waals surface area contributed by atoms with E-state index in [1.54, 1.807) is 42.5 Å². The lowest BCUT2D eigenvalue weighted by Crippen LogP contribution is -2.35. The van der Waals surface area contributed by atoms with Crippen LogP contribution in [0.5, 0.6) is 5.75 Å². The summed E-state index contributed by atoms with van der Waals surface area (Å²) >= 11 is 0. The van der Waals surface area contributed by atoms with Crippen LogP contribution in [0.25, 0.3) is 11.3 Å².